The summed E-state index contributed by atoms with van der Waals surface area (Å²) < 4.78 is 30.5. The number of sulfonamides is 1. The van der Waals surface area contributed by atoms with E-state index in [0.717, 1.165) is 0 Å². The number of benzene rings is 1. The van der Waals surface area contributed by atoms with Gasteiger partial charge in [0.1, 0.15) is 5.75 Å². The Kier molecular flexibility index (Phi) is 5.36. The molecule has 1 N–H and O–H groups in total. The molecule has 0 atom stereocenters. The van der Waals surface area contributed by atoms with Gasteiger partial charge < -0.3 is 4.74 Å². The van der Waals surface area contributed by atoms with E-state index < -0.39 is 10.0 Å². The molecule has 0 fully saturated rings. The van der Waals surface area contributed by atoms with Gasteiger partial charge in [-0.05, 0) is 25.1 Å². The molecule has 0 amide bonds. The van der Waals surface area contributed by atoms with Gasteiger partial charge in [0.15, 0.2) is 0 Å². The van der Waals surface area contributed by atoms with E-state index in [1.165, 1.54) is 6.07 Å². The van der Waals surface area contributed by atoms with Crippen LogP contribution in [0.15, 0.2) is 18.2 Å². The molecule has 0 aromatic heterocycles. The Balaban J connectivity index is 2.84. The number of rotatable bonds is 6. The molecule has 1 rings (SSSR count). The Morgan fingerprint density at radius 1 is 1.41 bits per heavy atom. The third-order valence-electron chi connectivity index (χ3n) is 1.85. The molecule has 4 nitrogen and oxygen atoms in total. The average Bonchev–Trinajstić information content (AvgIpc) is 2.21. The van der Waals surface area contributed by atoms with Crippen LogP contribution in [0, 0.1) is 0 Å². The second-order valence-corrected chi connectivity index (χ2v) is 5.82. The van der Waals surface area contributed by atoms with Crippen LogP contribution < -0.4 is 9.46 Å². The second kappa shape index (κ2) is 6.33. The van der Waals surface area contributed by atoms with E-state index in [4.69, 9.17) is 27.9 Å². The molecule has 17 heavy (non-hydrogen) atoms. The minimum absolute atomic E-state index is 0.0418. The van der Waals surface area contributed by atoms with E-state index in [2.05, 4.69) is 4.72 Å². The number of halogens is 2. The van der Waals surface area contributed by atoms with Crippen molar-refractivity contribution in [1.82, 2.24) is 0 Å². The quantitative estimate of drug-likeness (QED) is 0.822. The van der Waals surface area contributed by atoms with Gasteiger partial charge in [-0.3, -0.25) is 4.72 Å². The molecule has 96 valence electrons. The first kappa shape index (κ1) is 14.4. The lowest BCUT2D eigenvalue weighted by Gasteiger charge is -2.09. The van der Waals surface area contributed by atoms with Crippen LogP contribution in [-0.2, 0) is 10.0 Å². The van der Waals surface area contributed by atoms with Gasteiger partial charge in [-0.15, -0.1) is 11.6 Å². The fourth-order valence-electron chi connectivity index (χ4n) is 1.17. The summed E-state index contributed by atoms with van der Waals surface area (Å²) in [5.41, 5.74) is 0.392. The number of hydrogen-bond acceptors (Lipinski definition) is 3. The fraction of sp³-hybridized carbons (Fsp3) is 0.400. The zero-order chi connectivity index (χ0) is 12.9. The van der Waals surface area contributed by atoms with Crippen LogP contribution in [0.2, 0.25) is 5.02 Å². The van der Waals surface area contributed by atoms with Gasteiger partial charge in [0, 0.05) is 5.88 Å². The molecule has 0 saturated carbocycles. The van der Waals surface area contributed by atoms with E-state index in [1.54, 1.807) is 12.1 Å². The fourth-order valence-corrected chi connectivity index (χ4v) is 2.80. The number of hydrogen-bond donors (Lipinski definition) is 1. The number of alkyl halides is 1. The highest BCUT2D eigenvalue weighted by molar-refractivity contribution is 7.92. The minimum Gasteiger partial charge on any atom is -0.492 e. The second-order valence-electron chi connectivity index (χ2n) is 3.19. The van der Waals surface area contributed by atoms with E-state index in [0.29, 0.717) is 23.1 Å². The molecule has 7 heteroatoms. The maximum Gasteiger partial charge on any atom is 0.233 e. The first-order valence-corrected chi connectivity index (χ1v) is 7.54. The maximum absolute atomic E-state index is 11.5. The molecular formula is C10H13Cl2NO3S. The van der Waals surface area contributed by atoms with Crippen molar-refractivity contribution >= 4 is 38.9 Å². The van der Waals surface area contributed by atoms with Crippen LogP contribution in [0.1, 0.15) is 6.92 Å². The maximum atomic E-state index is 11.5. The predicted octanol–water partition coefficient (Wildman–Crippen LogP) is 2.72. The van der Waals surface area contributed by atoms with Crippen molar-refractivity contribution < 1.29 is 13.2 Å². The van der Waals surface area contributed by atoms with Crippen LogP contribution in [0.5, 0.6) is 5.75 Å². The Morgan fingerprint density at radius 3 is 2.65 bits per heavy atom. The molecule has 0 aliphatic carbocycles. The van der Waals surface area contributed by atoms with Crippen LogP contribution >= 0.6 is 23.2 Å². The largest absolute Gasteiger partial charge is 0.492 e. The summed E-state index contributed by atoms with van der Waals surface area (Å²) in [4.78, 5) is 0. The normalized spacial score (nSPS) is 11.2. The van der Waals surface area contributed by atoms with Gasteiger partial charge in [0.05, 0.1) is 23.1 Å². The van der Waals surface area contributed by atoms with Gasteiger partial charge in [-0.2, -0.15) is 0 Å². The van der Waals surface area contributed by atoms with Crippen LogP contribution in [0.3, 0.4) is 0 Å². The van der Waals surface area contributed by atoms with Crippen molar-refractivity contribution in [2.24, 2.45) is 0 Å². The third-order valence-corrected chi connectivity index (χ3v) is 3.85. The Morgan fingerprint density at radius 2 is 2.12 bits per heavy atom. The molecule has 0 spiro atoms. The van der Waals surface area contributed by atoms with Crippen LogP contribution in [0.25, 0.3) is 0 Å². The minimum atomic E-state index is -3.41. The first-order valence-electron chi connectivity index (χ1n) is 4.97. The van der Waals surface area contributed by atoms with Crippen LogP contribution in [-0.4, -0.2) is 26.7 Å². The number of ether oxygens (including phenoxy) is 1. The highest BCUT2D eigenvalue weighted by Crippen LogP contribution is 2.28. The Bertz CT molecular complexity index is 476. The van der Waals surface area contributed by atoms with Crippen molar-refractivity contribution in [3.63, 3.8) is 0 Å². The highest BCUT2D eigenvalue weighted by Gasteiger charge is 2.10. The lowest BCUT2D eigenvalue weighted by molar-refractivity contribution is 0.340. The lowest BCUT2D eigenvalue weighted by atomic mass is 10.3. The molecule has 0 aliphatic heterocycles. The van der Waals surface area contributed by atoms with E-state index in [-0.39, 0.29) is 11.6 Å². The van der Waals surface area contributed by atoms with Gasteiger partial charge in [-0.25, -0.2) is 8.42 Å². The molecule has 1 aromatic rings. The van der Waals surface area contributed by atoms with Crippen molar-refractivity contribution in [2.75, 3.05) is 23.0 Å². The number of anilines is 1. The molecule has 0 bridgehead atoms. The Hall–Kier alpha value is -0.650. The van der Waals surface area contributed by atoms with Crippen molar-refractivity contribution in [3.05, 3.63) is 23.2 Å². The van der Waals surface area contributed by atoms with Crippen molar-refractivity contribution in [3.8, 4) is 5.75 Å². The summed E-state index contributed by atoms with van der Waals surface area (Å²) in [6.45, 7) is 2.34. The topological polar surface area (TPSA) is 55.4 Å². The van der Waals surface area contributed by atoms with Gasteiger partial charge in [0.25, 0.3) is 0 Å². The lowest BCUT2D eigenvalue weighted by Crippen LogP contribution is -2.17. The van der Waals surface area contributed by atoms with Crippen molar-refractivity contribution in [1.29, 1.82) is 0 Å². The smallest absolute Gasteiger partial charge is 0.233 e. The monoisotopic (exact) mass is 297 g/mol. The summed E-state index contributed by atoms with van der Waals surface area (Å²) in [5.74, 6) is 0.425. The summed E-state index contributed by atoms with van der Waals surface area (Å²) >= 11 is 11.3. The molecule has 0 unspecified atom stereocenters. The van der Waals surface area contributed by atoms with Gasteiger partial charge in [-0.1, -0.05) is 11.6 Å². The standard InChI is InChI=1S/C10H13Cl2NO3S/c1-2-16-10-4-3-8(7-9(10)12)13-17(14,15)6-5-11/h3-4,7,13H,2,5-6H2,1H3. The first-order chi connectivity index (χ1) is 7.98. The summed E-state index contributed by atoms with van der Waals surface area (Å²) in [7, 11) is -3.41. The third kappa shape index (κ3) is 4.61. The van der Waals surface area contributed by atoms with Crippen molar-refractivity contribution in [2.45, 2.75) is 6.92 Å². The highest BCUT2D eigenvalue weighted by atomic mass is 35.5. The summed E-state index contributed by atoms with van der Waals surface area (Å²) in [6.07, 6.45) is 0. The molecule has 0 aliphatic rings. The molecule has 1 aromatic carbocycles. The average molecular weight is 298 g/mol. The SMILES string of the molecule is CCOc1ccc(NS(=O)(=O)CCCl)cc1Cl. The summed E-state index contributed by atoms with van der Waals surface area (Å²) in [6, 6.07) is 4.70. The van der Waals surface area contributed by atoms with Gasteiger partial charge in [0.2, 0.25) is 10.0 Å². The van der Waals surface area contributed by atoms with Crippen LogP contribution in [0.4, 0.5) is 5.69 Å². The van der Waals surface area contributed by atoms with E-state index in [9.17, 15) is 8.42 Å². The summed E-state index contributed by atoms with van der Waals surface area (Å²) in [5, 5.41) is 0.359. The predicted molar refractivity (Wildman–Crippen MR) is 70.8 cm³/mol. The zero-order valence-corrected chi connectivity index (χ0v) is 11.6. The Labute approximate surface area is 111 Å². The van der Waals surface area contributed by atoms with E-state index in [1.807, 2.05) is 6.92 Å². The van der Waals surface area contributed by atoms with Gasteiger partial charge >= 0.3 is 0 Å². The molecular weight excluding hydrogens is 285 g/mol. The molecule has 0 saturated heterocycles. The number of nitrogens with one attached hydrogen (secondary N) is 1. The molecule has 0 heterocycles. The zero-order valence-electron chi connectivity index (χ0n) is 9.24. The molecule has 0 radical (unpaired) electrons. The van der Waals surface area contributed by atoms with E-state index >= 15 is 0 Å².